The van der Waals surface area contributed by atoms with Crippen molar-refractivity contribution in [2.45, 2.75) is 57.8 Å². The molecule has 2 aliphatic heterocycles. The van der Waals surface area contributed by atoms with E-state index >= 15 is 0 Å². The molecule has 170 valence electrons. The van der Waals surface area contributed by atoms with Gasteiger partial charge in [0.05, 0.1) is 6.04 Å². The van der Waals surface area contributed by atoms with Crippen LogP contribution in [-0.2, 0) is 25.8 Å². The van der Waals surface area contributed by atoms with Crippen LogP contribution in [0, 0.1) is 0 Å². The molecule has 2 aliphatic rings. The SMILES string of the molecule is CC(C)(C)NC(=O)OCCONC(=O)[C@H]1CC[C@@H]2CN1C(=O)N2OCc1ccccc1. The first-order valence-corrected chi connectivity index (χ1v) is 10.4. The molecule has 1 aromatic rings. The van der Waals surface area contributed by atoms with Crippen LogP contribution in [0.1, 0.15) is 39.2 Å². The number of hydrogen-bond donors (Lipinski definition) is 2. The fourth-order valence-electron chi connectivity index (χ4n) is 3.50. The highest BCUT2D eigenvalue weighted by atomic mass is 16.7. The van der Waals surface area contributed by atoms with Crippen molar-refractivity contribution in [3.63, 3.8) is 0 Å². The molecule has 2 saturated heterocycles. The molecule has 2 atom stereocenters. The van der Waals surface area contributed by atoms with Crippen molar-refractivity contribution in [3.8, 4) is 0 Å². The van der Waals surface area contributed by atoms with E-state index in [2.05, 4.69) is 10.8 Å². The first kappa shape index (κ1) is 22.8. The van der Waals surface area contributed by atoms with E-state index in [4.69, 9.17) is 14.4 Å². The Hall–Kier alpha value is -2.85. The van der Waals surface area contributed by atoms with Gasteiger partial charge in [-0.15, -0.1) is 0 Å². The van der Waals surface area contributed by atoms with Crippen LogP contribution in [0.3, 0.4) is 0 Å². The van der Waals surface area contributed by atoms with Crippen LogP contribution >= 0.6 is 0 Å². The molecule has 2 fully saturated rings. The number of alkyl carbamates (subject to hydrolysis) is 1. The molecule has 31 heavy (non-hydrogen) atoms. The molecule has 3 rings (SSSR count). The molecule has 2 bridgehead atoms. The second-order valence-electron chi connectivity index (χ2n) is 8.59. The van der Waals surface area contributed by atoms with Gasteiger partial charge < -0.3 is 15.0 Å². The fourth-order valence-corrected chi connectivity index (χ4v) is 3.50. The summed E-state index contributed by atoms with van der Waals surface area (Å²) in [7, 11) is 0. The number of hydroxylamine groups is 3. The number of nitrogens with zero attached hydrogens (tertiary/aromatic N) is 2. The highest BCUT2D eigenvalue weighted by Crippen LogP contribution is 2.30. The van der Waals surface area contributed by atoms with Gasteiger partial charge in [0.2, 0.25) is 0 Å². The van der Waals surface area contributed by atoms with Crippen molar-refractivity contribution in [1.29, 1.82) is 0 Å². The number of hydrogen-bond acceptors (Lipinski definition) is 6. The summed E-state index contributed by atoms with van der Waals surface area (Å²) in [5, 5.41) is 4.03. The van der Waals surface area contributed by atoms with Gasteiger partial charge in [0.25, 0.3) is 5.91 Å². The Morgan fingerprint density at radius 2 is 1.87 bits per heavy atom. The normalized spacial score (nSPS) is 20.5. The predicted molar refractivity (Wildman–Crippen MR) is 110 cm³/mol. The molecule has 2 heterocycles. The van der Waals surface area contributed by atoms with Gasteiger partial charge in [-0.3, -0.25) is 14.5 Å². The topological polar surface area (TPSA) is 109 Å². The van der Waals surface area contributed by atoms with Crippen molar-refractivity contribution < 1.29 is 28.8 Å². The lowest BCUT2D eigenvalue weighted by atomic mass is 10.0. The Balaban J connectivity index is 1.40. The highest BCUT2D eigenvalue weighted by Gasteiger charge is 2.48. The minimum Gasteiger partial charge on any atom is -0.447 e. The molecular formula is C21H30N4O6. The number of urea groups is 1. The average Bonchev–Trinajstić information content (AvgIpc) is 2.95. The summed E-state index contributed by atoms with van der Waals surface area (Å²) in [6, 6.07) is 8.58. The van der Waals surface area contributed by atoms with E-state index in [9.17, 15) is 14.4 Å². The second-order valence-corrected chi connectivity index (χ2v) is 8.59. The van der Waals surface area contributed by atoms with E-state index < -0.39 is 23.6 Å². The van der Waals surface area contributed by atoms with Gasteiger partial charge in [0.1, 0.15) is 25.9 Å². The van der Waals surface area contributed by atoms with Gasteiger partial charge in [0, 0.05) is 12.1 Å². The van der Waals surface area contributed by atoms with Crippen molar-refractivity contribution in [3.05, 3.63) is 35.9 Å². The zero-order valence-corrected chi connectivity index (χ0v) is 18.1. The lowest BCUT2D eigenvalue weighted by molar-refractivity contribution is -0.141. The maximum absolute atomic E-state index is 12.7. The zero-order chi connectivity index (χ0) is 22.4. The van der Waals surface area contributed by atoms with Crippen LogP contribution in [0.15, 0.2) is 30.3 Å². The smallest absolute Gasteiger partial charge is 0.407 e. The lowest BCUT2D eigenvalue weighted by Crippen LogP contribution is -2.50. The minimum absolute atomic E-state index is 0.00109. The summed E-state index contributed by atoms with van der Waals surface area (Å²) >= 11 is 0. The molecule has 2 N–H and O–H groups in total. The summed E-state index contributed by atoms with van der Waals surface area (Å²) in [6.45, 7) is 6.23. The number of nitrogens with one attached hydrogen (secondary N) is 2. The van der Waals surface area contributed by atoms with E-state index in [1.165, 1.54) is 9.96 Å². The first-order valence-electron chi connectivity index (χ1n) is 10.4. The van der Waals surface area contributed by atoms with Crippen molar-refractivity contribution in [1.82, 2.24) is 20.8 Å². The monoisotopic (exact) mass is 434 g/mol. The van der Waals surface area contributed by atoms with E-state index in [0.29, 0.717) is 26.0 Å². The molecule has 0 radical (unpaired) electrons. The minimum atomic E-state index is -0.626. The molecular weight excluding hydrogens is 404 g/mol. The molecule has 0 unspecified atom stereocenters. The summed E-state index contributed by atoms with van der Waals surface area (Å²) in [4.78, 5) is 49.1. The third-order valence-corrected chi connectivity index (χ3v) is 4.91. The molecule has 4 amide bonds. The number of benzene rings is 1. The summed E-state index contributed by atoms with van der Waals surface area (Å²) < 4.78 is 4.97. The quantitative estimate of drug-likeness (QED) is 0.478. The third kappa shape index (κ3) is 6.31. The Bertz CT molecular complexity index is 782. The molecule has 0 spiro atoms. The summed E-state index contributed by atoms with van der Waals surface area (Å²) in [6.07, 6.45) is 0.617. The first-order chi connectivity index (χ1) is 14.7. The number of carbonyl (C=O) groups is 3. The summed E-state index contributed by atoms with van der Waals surface area (Å²) in [5.74, 6) is -0.407. The van der Waals surface area contributed by atoms with Crippen LogP contribution in [0.25, 0.3) is 0 Å². The number of rotatable bonds is 8. The number of fused-ring (bicyclic) bond motifs is 2. The zero-order valence-electron chi connectivity index (χ0n) is 18.1. The lowest BCUT2D eigenvalue weighted by Gasteiger charge is -2.28. The van der Waals surface area contributed by atoms with Crippen LogP contribution in [0.2, 0.25) is 0 Å². The van der Waals surface area contributed by atoms with Crippen LogP contribution in [0.5, 0.6) is 0 Å². The average molecular weight is 434 g/mol. The summed E-state index contributed by atoms with van der Waals surface area (Å²) in [5.41, 5.74) is 2.92. The van der Waals surface area contributed by atoms with Crippen LogP contribution in [0.4, 0.5) is 9.59 Å². The van der Waals surface area contributed by atoms with Gasteiger partial charge in [0.15, 0.2) is 0 Å². The maximum Gasteiger partial charge on any atom is 0.407 e. The van der Waals surface area contributed by atoms with E-state index in [1.807, 2.05) is 51.1 Å². The standard InChI is InChI=1S/C21H30N4O6/c1-21(2,3)22-19(27)29-11-12-30-23-18(26)17-10-9-16-13-24(17)20(28)25(16)31-14-15-7-5-4-6-8-15/h4-8,16-17H,9-14H2,1-3H3,(H,22,27)(H,23,26)/t16-,17-/m1/s1. The molecule has 0 aliphatic carbocycles. The van der Waals surface area contributed by atoms with Crippen molar-refractivity contribution in [2.24, 2.45) is 0 Å². The molecule has 0 saturated carbocycles. The molecule has 10 nitrogen and oxygen atoms in total. The number of ether oxygens (including phenoxy) is 1. The Morgan fingerprint density at radius 1 is 1.13 bits per heavy atom. The maximum atomic E-state index is 12.7. The van der Waals surface area contributed by atoms with Gasteiger partial charge in [-0.1, -0.05) is 30.3 Å². The number of piperidine rings is 1. The Morgan fingerprint density at radius 3 is 2.58 bits per heavy atom. The van der Waals surface area contributed by atoms with Crippen LogP contribution in [-0.4, -0.2) is 65.4 Å². The largest absolute Gasteiger partial charge is 0.447 e. The van der Waals surface area contributed by atoms with Crippen molar-refractivity contribution in [2.75, 3.05) is 19.8 Å². The van der Waals surface area contributed by atoms with Gasteiger partial charge in [-0.25, -0.2) is 15.1 Å². The fraction of sp³-hybridized carbons (Fsp3) is 0.571. The van der Waals surface area contributed by atoms with Crippen LogP contribution < -0.4 is 10.8 Å². The number of amides is 4. The van der Waals surface area contributed by atoms with E-state index in [1.54, 1.807) is 0 Å². The van der Waals surface area contributed by atoms with Gasteiger partial charge in [-0.2, -0.15) is 5.06 Å². The van der Waals surface area contributed by atoms with Crippen molar-refractivity contribution >= 4 is 18.0 Å². The highest BCUT2D eigenvalue weighted by molar-refractivity contribution is 5.88. The third-order valence-electron chi connectivity index (χ3n) is 4.91. The molecule has 1 aromatic carbocycles. The number of carbonyl (C=O) groups excluding carboxylic acids is 3. The second kappa shape index (κ2) is 9.97. The molecule has 10 heteroatoms. The van der Waals surface area contributed by atoms with Gasteiger partial charge in [-0.05, 0) is 39.2 Å². The molecule has 0 aromatic heterocycles. The van der Waals surface area contributed by atoms with E-state index in [0.717, 1.165) is 5.56 Å². The Kier molecular flexibility index (Phi) is 7.34. The van der Waals surface area contributed by atoms with E-state index in [-0.39, 0.29) is 25.3 Å². The van der Waals surface area contributed by atoms with Gasteiger partial charge >= 0.3 is 12.1 Å². The predicted octanol–water partition coefficient (Wildman–Crippen LogP) is 1.96. The Labute approximate surface area is 181 Å².